The summed E-state index contributed by atoms with van der Waals surface area (Å²) in [4.78, 5) is 0.295. The van der Waals surface area contributed by atoms with Crippen LogP contribution in [0.5, 0.6) is 0 Å². The molecule has 0 aliphatic rings. The molecule has 0 heterocycles. The van der Waals surface area contributed by atoms with Gasteiger partial charge in [-0.1, -0.05) is 63.6 Å². The van der Waals surface area contributed by atoms with Crippen molar-refractivity contribution in [1.29, 1.82) is 0 Å². The third-order valence-corrected chi connectivity index (χ3v) is 10.9. The van der Waals surface area contributed by atoms with Gasteiger partial charge in [0.1, 0.15) is 8.07 Å². The summed E-state index contributed by atoms with van der Waals surface area (Å²) in [5.41, 5.74) is 4.40. The number of hydrogen-bond acceptors (Lipinski definition) is 2. The molecule has 0 aliphatic heterocycles. The van der Waals surface area contributed by atoms with Gasteiger partial charge in [-0.25, -0.2) is 8.42 Å². The molecule has 132 valence electrons. The molecule has 0 atom stereocenters. The van der Waals surface area contributed by atoms with E-state index >= 15 is 0 Å². The van der Waals surface area contributed by atoms with Gasteiger partial charge in [0, 0.05) is 6.54 Å². The molecular weight excluding hydrogens is 334 g/mol. The van der Waals surface area contributed by atoms with E-state index in [1.165, 1.54) is 4.31 Å². The van der Waals surface area contributed by atoms with Crippen LogP contribution in [0, 0.1) is 18.4 Å². The van der Waals surface area contributed by atoms with Crippen molar-refractivity contribution in [1.82, 2.24) is 4.31 Å². The van der Waals surface area contributed by atoms with E-state index in [1.54, 1.807) is 30.3 Å². The van der Waals surface area contributed by atoms with Gasteiger partial charge in [0.15, 0.2) is 0 Å². The molecule has 1 aromatic rings. The number of rotatable bonds is 5. The largest absolute Gasteiger partial charge is 0.244 e. The number of benzene rings is 1. The van der Waals surface area contributed by atoms with Gasteiger partial charge < -0.3 is 0 Å². The van der Waals surface area contributed by atoms with Crippen LogP contribution in [0.15, 0.2) is 41.8 Å². The lowest BCUT2D eigenvalue weighted by Gasteiger charge is -2.31. The molecule has 0 spiro atoms. The summed E-state index contributed by atoms with van der Waals surface area (Å²) in [6.07, 6.45) is 1.60. The Balaban J connectivity index is 3.08. The fourth-order valence-corrected chi connectivity index (χ4v) is 4.00. The first-order chi connectivity index (χ1) is 10.9. The highest BCUT2D eigenvalue weighted by Crippen LogP contribution is 2.35. The molecule has 0 amide bonds. The second-order valence-electron chi connectivity index (χ2n) is 7.58. The molecule has 0 unspecified atom stereocenters. The molecular formula is C19H29NO2SSi. The molecule has 24 heavy (non-hydrogen) atoms. The maximum absolute atomic E-state index is 12.8. The van der Waals surface area contributed by atoms with E-state index in [-0.39, 0.29) is 18.1 Å². The second kappa shape index (κ2) is 7.69. The van der Waals surface area contributed by atoms with E-state index in [4.69, 9.17) is 0 Å². The van der Waals surface area contributed by atoms with Gasteiger partial charge in [-0.05, 0) is 24.1 Å². The predicted octanol–water partition coefficient (Wildman–Crippen LogP) is 4.22. The molecule has 0 fully saturated rings. The topological polar surface area (TPSA) is 37.4 Å². The van der Waals surface area contributed by atoms with Crippen molar-refractivity contribution in [3.63, 3.8) is 0 Å². The monoisotopic (exact) mass is 363 g/mol. The van der Waals surface area contributed by atoms with Crippen LogP contribution in [0.1, 0.15) is 26.3 Å². The van der Waals surface area contributed by atoms with Crippen LogP contribution in [0.25, 0.3) is 0 Å². The van der Waals surface area contributed by atoms with E-state index in [0.717, 1.165) is 5.56 Å². The van der Waals surface area contributed by atoms with Crippen LogP contribution in [0.2, 0.25) is 18.1 Å². The van der Waals surface area contributed by atoms with Crippen molar-refractivity contribution in [3.05, 3.63) is 42.5 Å². The number of nitrogens with zero attached hydrogens (tertiary/aromatic N) is 1. The van der Waals surface area contributed by atoms with Crippen molar-refractivity contribution >= 4 is 18.1 Å². The van der Waals surface area contributed by atoms with E-state index in [0.29, 0.717) is 4.90 Å². The molecule has 0 saturated heterocycles. The van der Waals surface area contributed by atoms with E-state index < -0.39 is 18.1 Å². The molecule has 0 bridgehead atoms. The SMILES string of the molecule is C=CCN(CC#C[Si](C)(C)C(C)(C)C)S(=O)(=O)c1ccc(C)cc1. The summed E-state index contributed by atoms with van der Waals surface area (Å²) >= 11 is 0. The number of aryl methyl sites for hydroxylation is 1. The van der Waals surface area contributed by atoms with Crippen LogP contribution in [-0.2, 0) is 10.0 Å². The maximum atomic E-state index is 12.8. The Bertz CT molecular complexity index is 732. The van der Waals surface area contributed by atoms with Crippen molar-refractivity contribution in [3.8, 4) is 11.5 Å². The molecule has 0 aromatic heterocycles. The minimum atomic E-state index is -3.56. The zero-order chi connectivity index (χ0) is 18.6. The Morgan fingerprint density at radius 3 is 2.21 bits per heavy atom. The van der Waals surface area contributed by atoms with Crippen molar-refractivity contribution < 1.29 is 8.42 Å². The number of hydrogen-bond donors (Lipinski definition) is 0. The Kier molecular flexibility index (Phi) is 6.63. The zero-order valence-corrected chi connectivity index (χ0v) is 17.5. The minimum absolute atomic E-state index is 0.152. The quantitative estimate of drug-likeness (QED) is 0.446. The summed E-state index contributed by atoms with van der Waals surface area (Å²) in [5, 5.41) is 0.152. The third kappa shape index (κ3) is 5.07. The lowest BCUT2D eigenvalue weighted by molar-refractivity contribution is 0.478. The van der Waals surface area contributed by atoms with Crippen LogP contribution >= 0.6 is 0 Å². The van der Waals surface area contributed by atoms with Gasteiger partial charge in [-0.3, -0.25) is 0 Å². The standard InChI is InChI=1S/C19H29NO2SSi/c1-8-14-20(15-9-16-24(6,7)19(3,4)5)23(21,22)18-12-10-17(2)11-13-18/h8,10-13H,1,14-15H2,2-7H3. The van der Waals surface area contributed by atoms with Crippen molar-refractivity contribution in [2.45, 2.75) is 50.7 Å². The second-order valence-corrected chi connectivity index (χ2v) is 14.5. The van der Waals surface area contributed by atoms with Crippen LogP contribution in [0.3, 0.4) is 0 Å². The smallest absolute Gasteiger partial charge is 0.207 e. The summed E-state index contributed by atoms with van der Waals surface area (Å²) in [6, 6.07) is 6.89. The normalized spacial score (nSPS) is 12.6. The van der Waals surface area contributed by atoms with Gasteiger partial charge in [-0.15, -0.1) is 12.1 Å². The summed E-state index contributed by atoms with van der Waals surface area (Å²) in [5.74, 6) is 3.12. The number of sulfonamides is 1. The van der Waals surface area contributed by atoms with Gasteiger partial charge in [0.2, 0.25) is 10.0 Å². The molecule has 0 saturated carbocycles. The maximum Gasteiger partial charge on any atom is 0.244 e. The Labute approximate surface area is 148 Å². The average molecular weight is 364 g/mol. The van der Waals surface area contributed by atoms with Crippen LogP contribution in [0.4, 0.5) is 0 Å². The lowest BCUT2D eigenvalue weighted by atomic mass is 10.2. The highest BCUT2D eigenvalue weighted by Gasteiger charge is 2.33. The minimum Gasteiger partial charge on any atom is -0.207 e. The van der Waals surface area contributed by atoms with Crippen LogP contribution < -0.4 is 0 Å². The molecule has 1 rings (SSSR count). The first kappa shape index (κ1) is 20.7. The van der Waals surface area contributed by atoms with E-state index in [1.807, 2.05) is 6.92 Å². The van der Waals surface area contributed by atoms with Crippen molar-refractivity contribution in [2.75, 3.05) is 13.1 Å². The van der Waals surface area contributed by atoms with E-state index in [9.17, 15) is 8.42 Å². The molecule has 0 radical (unpaired) electrons. The Morgan fingerprint density at radius 2 is 1.75 bits per heavy atom. The van der Waals surface area contributed by atoms with Crippen molar-refractivity contribution in [2.24, 2.45) is 0 Å². The molecule has 3 nitrogen and oxygen atoms in total. The summed E-state index contributed by atoms with van der Waals surface area (Å²) < 4.78 is 27.0. The van der Waals surface area contributed by atoms with Gasteiger partial charge in [-0.2, -0.15) is 4.31 Å². The third-order valence-electron chi connectivity index (χ3n) is 4.52. The summed E-state index contributed by atoms with van der Waals surface area (Å²) in [6.45, 7) is 17.1. The zero-order valence-electron chi connectivity index (χ0n) is 15.7. The highest BCUT2D eigenvalue weighted by atomic mass is 32.2. The fourth-order valence-electron chi connectivity index (χ4n) is 1.79. The molecule has 0 aliphatic carbocycles. The van der Waals surface area contributed by atoms with Crippen LogP contribution in [-0.4, -0.2) is 33.9 Å². The molecule has 5 heteroatoms. The molecule has 0 N–H and O–H groups in total. The summed E-state index contributed by atoms with van der Waals surface area (Å²) in [7, 11) is -5.31. The van der Waals surface area contributed by atoms with Gasteiger partial charge >= 0.3 is 0 Å². The first-order valence-electron chi connectivity index (χ1n) is 8.09. The highest BCUT2D eigenvalue weighted by molar-refractivity contribution is 7.89. The fraction of sp³-hybridized carbons (Fsp3) is 0.474. The molecule has 1 aromatic carbocycles. The van der Waals surface area contributed by atoms with E-state index in [2.05, 4.69) is 51.9 Å². The Hall–Kier alpha value is -1.35. The first-order valence-corrected chi connectivity index (χ1v) is 12.5. The van der Waals surface area contributed by atoms with Gasteiger partial charge in [0.25, 0.3) is 0 Å². The van der Waals surface area contributed by atoms with Gasteiger partial charge in [0.05, 0.1) is 11.4 Å². The average Bonchev–Trinajstić information content (AvgIpc) is 2.45. The predicted molar refractivity (Wildman–Crippen MR) is 105 cm³/mol. The lowest BCUT2D eigenvalue weighted by Crippen LogP contribution is -2.36. The Morgan fingerprint density at radius 1 is 1.21 bits per heavy atom.